The normalized spacial score (nSPS) is 19.3. The Morgan fingerprint density at radius 2 is 1.42 bits per heavy atom. The van der Waals surface area contributed by atoms with Gasteiger partial charge in [-0.1, -0.05) is 0 Å². The minimum Gasteiger partial charge on any atom is -1.00 e. The van der Waals surface area contributed by atoms with Crippen molar-refractivity contribution in [1.82, 2.24) is 0 Å². The summed E-state index contributed by atoms with van der Waals surface area (Å²) in [7, 11) is 0. The van der Waals surface area contributed by atoms with Gasteiger partial charge in [0, 0.05) is 0 Å². The molecule has 1 unspecified atom stereocenters. The topological polar surface area (TPSA) is 0 Å². The number of allylic oxidation sites excluding steroid dienone is 5. The molecule has 0 aromatic heterocycles. The molecular weight excluding hydrogens is 555 g/mol. The summed E-state index contributed by atoms with van der Waals surface area (Å²) in [4.78, 5) is 0. The van der Waals surface area contributed by atoms with Crippen molar-refractivity contribution in [1.29, 1.82) is 0 Å². The first-order valence-corrected chi connectivity index (χ1v) is 26.4. The van der Waals surface area contributed by atoms with Crippen LogP contribution in [0.15, 0.2) is 64.3 Å². The van der Waals surface area contributed by atoms with Crippen LogP contribution in [0.3, 0.4) is 0 Å². The van der Waals surface area contributed by atoms with Crippen molar-refractivity contribution in [2.24, 2.45) is 0 Å². The Bertz CT molecular complexity index is 1290. The Labute approximate surface area is 219 Å². The molecule has 2 aromatic rings. The van der Waals surface area contributed by atoms with Crippen molar-refractivity contribution in [3.63, 3.8) is 0 Å². The predicted octanol–water partition coefficient (Wildman–Crippen LogP) is 0.0333. The fourth-order valence-corrected chi connectivity index (χ4v) is 31.1. The van der Waals surface area contributed by atoms with E-state index in [1.54, 1.807) is 55.7 Å². The van der Waals surface area contributed by atoms with E-state index in [-0.39, 0.29) is 24.8 Å². The number of rotatable bonds is 3. The van der Waals surface area contributed by atoms with Crippen LogP contribution in [0.2, 0.25) is 3.63 Å². The van der Waals surface area contributed by atoms with E-state index in [2.05, 4.69) is 90.9 Å². The van der Waals surface area contributed by atoms with Gasteiger partial charge < -0.3 is 24.8 Å². The average molecular weight is 589 g/mol. The third kappa shape index (κ3) is 4.14. The van der Waals surface area contributed by atoms with Crippen LogP contribution in [-0.4, -0.2) is 13.8 Å². The number of aryl methyl sites for hydroxylation is 1. The SMILES string of the molecule is CC1=Cc2c(cc3c(c2-c2ccccc2)CCC3)[CH]1[Zr](=[SiH2])(=[SiH2])[CH]1C(C)=C(C)C(C)=C1C.[Cl-].[Cl-]. The summed E-state index contributed by atoms with van der Waals surface area (Å²) in [5.41, 5.74) is 17.6. The van der Waals surface area contributed by atoms with Crippen LogP contribution in [0.5, 0.6) is 0 Å². The van der Waals surface area contributed by atoms with Gasteiger partial charge in [-0.15, -0.1) is 0 Å². The summed E-state index contributed by atoms with van der Waals surface area (Å²) in [6, 6.07) is 13.9. The number of hydrogen-bond acceptors (Lipinski definition) is 0. The molecule has 5 heteroatoms. The first kappa shape index (κ1) is 27.1. The van der Waals surface area contributed by atoms with Crippen molar-refractivity contribution < 1.29 is 42.3 Å². The summed E-state index contributed by atoms with van der Waals surface area (Å²) in [6.45, 7) is 16.9. The zero-order valence-corrected chi connectivity index (χ0v) is 27.3. The summed E-state index contributed by atoms with van der Waals surface area (Å²) in [5.74, 6) is 0. The van der Waals surface area contributed by atoms with E-state index in [1.165, 1.54) is 24.8 Å². The second kappa shape index (κ2) is 9.90. The van der Waals surface area contributed by atoms with Gasteiger partial charge >= 0.3 is 196 Å². The van der Waals surface area contributed by atoms with Gasteiger partial charge in [-0.3, -0.25) is 0 Å². The smallest absolute Gasteiger partial charge is 1.00 e. The third-order valence-corrected chi connectivity index (χ3v) is 27.8. The molecule has 0 bridgehead atoms. The van der Waals surface area contributed by atoms with Crippen LogP contribution < -0.4 is 24.8 Å². The molecular formula is C28H34Cl2Si2Zr-2. The zero-order valence-electron chi connectivity index (χ0n) is 20.5. The fraction of sp³-hybridized carbons (Fsp3) is 0.357. The molecule has 3 aliphatic rings. The van der Waals surface area contributed by atoms with Crippen LogP contribution in [0.25, 0.3) is 17.2 Å². The van der Waals surface area contributed by atoms with Gasteiger partial charge in [-0.05, 0) is 0 Å². The molecule has 0 amide bonds. The van der Waals surface area contributed by atoms with E-state index < -0.39 is 17.5 Å². The molecule has 2 aromatic carbocycles. The maximum atomic E-state index is 2.65. The molecule has 0 radical (unpaired) electrons. The van der Waals surface area contributed by atoms with Gasteiger partial charge in [0.1, 0.15) is 0 Å². The van der Waals surface area contributed by atoms with Gasteiger partial charge in [-0.25, -0.2) is 0 Å². The zero-order chi connectivity index (χ0) is 22.1. The van der Waals surface area contributed by atoms with Gasteiger partial charge in [0.05, 0.1) is 0 Å². The summed E-state index contributed by atoms with van der Waals surface area (Å²) in [5, 5.41) is 0. The van der Waals surface area contributed by atoms with Gasteiger partial charge in [0.15, 0.2) is 0 Å². The quantitative estimate of drug-likeness (QED) is 0.445. The third-order valence-electron chi connectivity index (χ3n) is 8.43. The Hall–Kier alpha value is -0.443. The molecule has 0 saturated carbocycles. The molecule has 0 aliphatic heterocycles. The van der Waals surface area contributed by atoms with E-state index >= 15 is 0 Å². The molecule has 0 fully saturated rings. The first-order valence-electron chi connectivity index (χ1n) is 11.7. The van der Waals surface area contributed by atoms with Crippen LogP contribution >= 0.6 is 0 Å². The predicted molar refractivity (Wildman–Crippen MR) is 138 cm³/mol. The van der Waals surface area contributed by atoms with E-state index in [1.807, 2.05) is 0 Å². The van der Waals surface area contributed by atoms with Crippen LogP contribution in [0, 0.1) is 0 Å². The molecule has 5 rings (SSSR count). The number of hydrogen-bond donors (Lipinski definition) is 0. The Balaban J connectivity index is 0.00000153. The Morgan fingerprint density at radius 1 is 0.818 bits per heavy atom. The molecule has 174 valence electrons. The Kier molecular flexibility index (Phi) is 8.14. The maximum absolute atomic E-state index is 2.65. The average Bonchev–Trinajstić information content (AvgIpc) is 3.38. The van der Waals surface area contributed by atoms with Crippen LogP contribution in [0.1, 0.15) is 66.9 Å². The molecule has 1 atom stereocenters. The van der Waals surface area contributed by atoms with E-state index in [4.69, 9.17) is 0 Å². The standard InChI is InChI=1S/C19H17.C9H13.2ClH.2H2Si.Zr/c1-13-10-16-12-15-8-5-9-17(15)19(18(16)11-13)14-6-3-2-4-7-14;1-6-5-7(2)9(4)8(6)3;;;;;/h2-4,6-7,10-12H,5,8-9H2,1H3;5H,1-4H3;2*1H;2*1H2;/p-2. The van der Waals surface area contributed by atoms with Gasteiger partial charge in [-0.2, -0.15) is 0 Å². The molecule has 0 heterocycles. The molecule has 3 aliphatic carbocycles. The van der Waals surface area contributed by atoms with E-state index in [0.29, 0.717) is 3.63 Å². The summed E-state index contributed by atoms with van der Waals surface area (Å²) < 4.78 is 1.45. The minimum absolute atomic E-state index is 0. The van der Waals surface area contributed by atoms with E-state index in [9.17, 15) is 0 Å². The second-order valence-electron chi connectivity index (χ2n) is 10.2. The van der Waals surface area contributed by atoms with Gasteiger partial charge in [0.25, 0.3) is 0 Å². The largest absolute Gasteiger partial charge is 1.00 e. The number of halogens is 2. The van der Waals surface area contributed by atoms with E-state index in [0.717, 1.165) is 3.63 Å². The van der Waals surface area contributed by atoms with Crippen molar-refractivity contribution in [3.8, 4) is 11.1 Å². The number of fused-ring (bicyclic) bond motifs is 2. The first-order chi connectivity index (χ1) is 14.7. The van der Waals surface area contributed by atoms with Crippen molar-refractivity contribution >= 4 is 19.8 Å². The minimum atomic E-state index is -2.59. The molecule has 0 saturated heterocycles. The fourth-order valence-electron chi connectivity index (χ4n) is 6.81. The second-order valence-corrected chi connectivity index (χ2v) is 40.6. The van der Waals surface area contributed by atoms with Crippen LogP contribution in [0.4, 0.5) is 0 Å². The molecule has 0 spiro atoms. The van der Waals surface area contributed by atoms with Gasteiger partial charge in [0.2, 0.25) is 0 Å². The maximum Gasteiger partial charge on any atom is -1.00 e. The van der Waals surface area contributed by atoms with Crippen molar-refractivity contribution in [3.05, 3.63) is 86.5 Å². The monoisotopic (exact) mass is 586 g/mol. The van der Waals surface area contributed by atoms with Crippen molar-refractivity contribution in [2.75, 3.05) is 0 Å². The summed E-state index contributed by atoms with van der Waals surface area (Å²) >= 11 is -2.59. The van der Waals surface area contributed by atoms with Crippen LogP contribution in [-0.2, 0) is 30.3 Å². The van der Waals surface area contributed by atoms with Crippen molar-refractivity contribution in [2.45, 2.75) is 61.1 Å². The molecule has 33 heavy (non-hydrogen) atoms. The molecule has 0 N–H and O–H groups in total. The summed E-state index contributed by atoms with van der Waals surface area (Å²) in [6.07, 6.45) is 6.40. The number of benzene rings is 2. The Morgan fingerprint density at radius 3 is 2.03 bits per heavy atom. The molecule has 0 nitrogen and oxygen atoms in total.